The van der Waals surface area contributed by atoms with Crippen molar-refractivity contribution in [3.63, 3.8) is 0 Å². The van der Waals surface area contributed by atoms with Gasteiger partial charge in [-0.1, -0.05) is 72.8 Å². The molecule has 0 spiro atoms. The van der Waals surface area contributed by atoms with Gasteiger partial charge in [0.1, 0.15) is 0 Å². The van der Waals surface area contributed by atoms with E-state index in [0.29, 0.717) is 0 Å². The zero-order valence-corrected chi connectivity index (χ0v) is 27.4. The van der Waals surface area contributed by atoms with Gasteiger partial charge in [0.25, 0.3) is 0 Å². The maximum absolute atomic E-state index is 8.42. The molecule has 0 atom stereocenters. The number of benzene rings is 4. The lowest BCUT2D eigenvalue weighted by Gasteiger charge is -2.35. The maximum atomic E-state index is 8.42. The predicted molar refractivity (Wildman–Crippen MR) is 178 cm³/mol. The summed E-state index contributed by atoms with van der Waals surface area (Å²) in [5, 5.41) is 31.2. The summed E-state index contributed by atoms with van der Waals surface area (Å²) in [5.74, 6) is 0. The normalized spacial score (nSPS) is 10.9. The Morgan fingerprint density at radius 1 is 0.359 bits per heavy atom. The Bertz CT molecular complexity index is 1070. The van der Waals surface area contributed by atoms with Crippen molar-refractivity contribution in [2.45, 2.75) is 0 Å². The molecule has 4 rings (SSSR count). The van der Waals surface area contributed by atoms with Crippen molar-refractivity contribution < 1.29 is 15.1 Å². The molecular weight excluding hydrogens is 536 g/mol. The van der Waals surface area contributed by atoms with Crippen molar-refractivity contribution >= 4 is 50.3 Å². The van der Waals surface area contributed by atoms with E-state index in [4.69, 9.17) is 15.1 Å². The molecule has 0 saturated heterocycles. The fourth-order valence-corrected chi connectivity index (χ4v) is 7.77. The average molecular weight is 580 g/mol. The highest BCUT2D eigenvalue weighted by Crippen LogP contribution is 2.48. The van der Waals surface area contributed by atoms with E-state index in [1.54, 1.807) is 0 Å². The van der Waals surface area contributed by atoms with E-state index >= 15 is 0 Å². The van der Waals surface area contributed by atoms with Crippen LogP contribution in [0.5, 0.6) is 0 Å². The molecule has 0 saturated carbocycles. The molecule has 208 valence electrons. The zero-order chi connectivity index (χ0) is 29.5. The molecule has 0 heterocycles. The molecule has 0 aromatic heterocycles. The van der Waals surface area contributed by atoms with Crippen molar-refractivity contribution in [2.24, 2.45) is 0 Å². The summed E-state index contributed by atoms with van der Waals surface area (Å²) in [6.07, 6.45) is 0. The minimum atomic E-state index is -2.92. The number of hydrogen-bond acceptors (Lipinski definition) is 3. The molecule has 39 heavy (non-hydrogen) atoms. The topological polar surface area (TPSA) is 69.2 Å². The minimum absolute atomic E-state index is 0.768. The van der Waals surface area contributed by atoms with Gasteiger partial charge in [-0.15, -0.1) is 0 Å². The van der Waals surface area contributed by atoms with E-state index < -0.39 is 29.1 Å². The largest absolute Gasteiger partial charge is 0.907 e. The van der Waals surface area contributed by atoms with Crippen LogP contribution in [0.15, 0.2) is 121 Å². The summed E-state index contributed by atoms with van der Waals surface area (Å²) in [5.41, 5.74) is 0. The fraction of sp³-hybridized carbons (Fsp3) is 0.250. The van der Waals surface area contributed by atoms with Crippen LogP contribution in [0.2, 0.25) is 0 Å². The molecule has 4 aromatic rings. The van der Waals surface area contributed by atoms with Gasteiger partial charge in [-0.25, -0.2) is 0 Å². The lowest BCUT2D eigenvalue weighted by Crippen LogP contribution is -2.56. The number of rotatable bonds is 4. The standard InChI is InChI=1S/C14H16P.2C9H14P.BO3/c1-15(2,13-9-5-3-6-10-13)14-11-7-4-8-12-14;2*1-10(2,3)9-7-5-4-6-8-9;2-1(3)4/h3-12H,1-2H3;2*4-8H,1-3H3;/q3*+1;-3. The minimum Gasteiger partial charge on any atom is -0.907 e. The van der Waals surface area contributed by atoms with Gasteiger partial charge < -0.3 is 15.1 Å². The van der Waals surface area contributed by atoms with Crippen molar-refractivity contribution in [3.05, 3.63) is 121 Å². The summed E-state index contributed by atoms with van der Waals surface area (Å²) >= 11 is 0. The van der Waals surface area contributed by atoms with Crippen LogP contribution in [-0.2, 0) is 0 Å². The van der Waals surface area contributed by atoms with Crippen LogP contribution in [0.3, 0.4) is 0 Å². The Hall–Kier alpha value is -1.89. The molecule has 3 nitrogen and oxygen atoms in total. The van der Waals surface area contributed by atoms with Crippen molar-refractivity contribution in [2.75, 3.05) is 53.3 Å². The molecule has 0 amide bonds. The summed E-state index contributed by atoms with van der Waals surface area (Å²) in [6, 6.07) is 43.1. The molecular formula is C32H44BO3P3. The highest BCUT2D eigenvalue weighted by molar-refractivity contribution is 7.88. The highest BCUT2D eigenvalue weighted by atomic mass is 31.2. The smallest absolute Gasteiger partial charge is 0.0985 e. The van der Waals surface area contributed by atoms with Gasteiger partial charge in [0, 0.05) is 14.5 Å². The summed E-state index contributed by atoms with van der Waals surface area (Å²) in [6.45, 7) is 18.8. The van der Waals surface area contributed by atoms with E-state index in [1.165, 1.54) is 21.2 Å². The summed E-state index contributed by atoms with van der Waals surface area (Å²) in [7, 11) is -5.60. The Balaban J connectivity index is 0.000000281. The first-order valence-electron chi connectivity index (χ1n) is 12.8. The Labute approximate surface area is 239 Å². The second-order valence-corrected chi connectivity index (χ2v) is 24.1. The first-order chi connectivity index (χ1) is 18.2. The average Bonchev–Trinajstić information content (AvgIpc) is 2.90. The second kappa shape index (κ2) is 17.0. The van der Waals surface area contributed by atoms with Gasteiger partial charge in [-0.2, -0.15) is 0 Å². The van der Waals surface area contributed by atoms with Gasteiger partial charge in [0.15, 0.2) is 0 Å². The molecule has 4 aromatic carbocycles. The predicted octanol–water partition coefficient (Wildman–Crippen LogP) is 3.40. The quantitative estimate of drug-likeness (QED) is 0.275. The third-order valence-corrected chi connectivity index (χ3v) is 12.7. The third-order valence-electron chi connectivity index (χ3n) is 5.86. The monoisotopic (exact) mass is 580 g/mol. The van der Waals surface area contributed by atoms with Gasteiger partial charge in [0.05, 0.1) is 81.8 Å². The fourth-order valence-electron chi connectivity index (χ4n) is 3.50. The molecule has 0 aliphatic heterocycles. The van der Waals surface area contributed by atoms with Crippen LogP contribution in [-0.4, -0.2) is 60.6 Å². The van der Waals surface area contributed by atoms with Gasteiger partial charge in [0.2, 0.25) is 0 Å². The Morgan fingerprint density at radius 2 is 0.538 bits per heavy atom. The van der Waals surface area contributed by atoms with E-state index in [-0.39, 0.29) is 0 Å². The molecule has 0 aliphatic rings. The van der Waals surface area contributed by atoms with Crippen LogP contribution in [0.25, 0.3) is 0 Å². The van der Waals surface area contributed by atoms with Crippen LogP contribution < -0.4 is 36.3 Å². The third kappa shape index (κ3) is 14.4. The molecule has 0 unspecified atom stereocenters. The lowest BCUT2D eigenvalue weighted by atomic mass is 10.3. The highest BCUT2D eigenvalue weighted by Gasteiger charge is 2.30. The summed E-state index contributed by atoms with van der Waals surface area (Å²) in [4.78, 5) is 0. The van der Waals surface area contributed by atoms with Crippen LogP contribution in [0.4, 0.5) is 0 Å². The van der Waals surface area contributed by atoms with Crippen LogP contribution >= 0.6 is 21.8 Å². The number of hydrogen-bond donors (Lipinski definition) is 0. The van der Waals surface area contributed by atoms with E-state index in [9.17, 15) is 0 Å². The van der Waals surface area contributed by atoms with Crippen LogP contribution in [0, 0.1) is 0 Å². The zero-order valence-electron chi connectivity index (χ0n) is 24.7. The van der Waals surface area contributed by atoms with Crippen molar-refractivity contribution in [3.8, 4) is 0 Å². The van der Waals surface area contributed by atoms with Gasteiger partial charge in [-0.3, -0.25) is 7.32 Å². The molecule has 0 radical (unpaired) electrons. The molecule has 0 fully saturated rings. The molecule has 7 heteroatoms. The Morgan fingerprint density at radius 3 is 0.692 bits per heavy atom. The van der Waals surface area contributed by atoms with Gasteiger partial charge in [-0.05, 0) is 48.5 Å². The maximum Gasteiger partial charge on any atom is 0.0985 e. The second-order valence-electron chi connectivity index (χ2n) is 11.1. The Kier molecular flexibility index (Phi) is 15.4. The SMILES string of the molecule is C[P+](C)(C)c1ccccc1.C[P+](C)(C)c1ccccc1.C[P+](C)(c1ccccc1)c1ccccc1.[O-]B([O-])[O-]. The van der Waals surface area contributed by atoms with Crippen LogP contribution in [0.1, 0.15) is 0 Å². The molecule has 0 N–H and O–H groups in total. The van der Waals surface area contributed by atoms with Crippen molar-refractivity contribution in [1.29, 1.82) is 0 Å². The first kappa shape index (κ1) is 35.1. The van der Waals surface area contributed by atoms with E-state index in [0.717, 1.165) is 0 Å². The molecule has 0 bridgehead atoms. The van der Waals surface area contributed by atoms with Gasteiger partial charge >= 0.3 is 0 Å². The van der Waals surface area contributed by atoms with E-state index in [2.05, 4.69) is 175 Å². The lowest BCUT2D eigenvalue weighted by molar-refractivity contribution is -0.479. The first-order valence-corrected chi connectivity index (χ1v) is 21.8. The van der Waals surface area contributed by atoms with Crippen molar-refractivity contribution in [1.82, 2.24) is 0 Å². The summed E-state index contributed by atoms with van der Waals surface area (Å²) < 4.78 is 0. The molecule has 0 aliphatic carbocycles. The van der Waals surface area contributed by atoms with E-state index in [1.807, 2.05) is 0 Å².